The summed E-state index contributed by atoms with van der Waals surface area (Å²) in [5.41, 5.74) is 0. The molecular weight excluding hydrogens is 767 g/mol. The van der Waals surface area contributed by atoms with E-state index in [1.165, 1.54) is 89.9 Å². The summed E-state index contributed by atoms with van der Waals surface area (Å²) in [6.45, 7) is -3.58. The first-order chi connectivity index (χ1) is 29.8. The number of aliphatic hydroxyl groups excluding tert-OH is 5. The zero-order chi connectivity index (χ0) is 47.4. The van der Waals surface area contributed by atoms with Crippen LogP contribution in [0.1, 0.15) is 207 Å². The molecule has 13 nitrogen and oxygen atoms in total. The third-order valence-corrected chi connectivity index (χ3v) is 11.3. The molecule has 6 unspecified atom stereocenters. The SMILES string of the molecule is [2H]C([2H])(OC(=O)CCCCCCCCCCCCCCCC)[C@@]([2H])(OC(=O)CCCCCCC/C=C\CCCCCCCC)C([2H])([2H])OP(=O)(O)OC1C(O)C(O)C(O)[C@@H](O)C1O. The molecule has 0 aromatic carbocycles. The first-order valence-electron chi connectivity index (χ1n) is 25.0. The number of allylic oxidation sites excluding steroid dienone is 2. The van der Waals surface area contributed by atoms with Gasteiger partial charge in [-0.15, -0.1) is 0 Å². The van der Waals surface area contributed by atoms with Gasteiger partial charge in [0.25, 0.3) is 0 Å². The number of hydrogen-bond donors (Lipinski definition) is 6. The number of hydrogen-bond acceptors (Lipinski definition) is 12. The average molecular weight is 856 g/mol. The normalized spacial score (nSPS) is 24.9. The van der Waals surface area contributed by atoms with E-state index in [0.717, 1.165) is 57.8 Å². The fraction of sp³-hybridized carbons (Fsp3) is 0.909. The maximum atomic E-state index is 13.1. The lowest BCUT2D eigenvalue weighted by Crippen LogP contribution is -2.64. The highest BCUT2D eigenvalue weighted by molar-refractivity contribution is 7.47. The molecule has 0 aromatic rings. The Labute approximate surface area is 357 Å². The van der Waals surface area contributed by atoms with Gasteiger partial charge in [0.05, 0.1) is 13.4 Å². The Morgan fingerprint density at radius 1 is 0.569 bits per heavy atom. The zero-order valence-corrected chi connectivity index (χ0v) is 36.5. The second-order valence-corrected chi connectivity index (χ2v) is 17.1. The van der Waals surface area contributed by atoms with Gasteiger partial charge in [0.1, 0.15) is 43.2 Å². The summed E-state index contributed by atoms with van der Waals surface area (Å²) in [7, 11) is -5.99. The highest BCUT2D eigenvalue weighted by Crippen LogP contribution is 2.47. The fourth-order valence-electron chi connectivity index (χ4n) is 6.78. The van der Waals surface area contributed by atoms with Gasteiger partial charge in [-0.3, -0.25) is 18.6 Å². The van der Waals surface area contributed by atoms with Crippen LogP contribution in [-0.2, 0) is 32.7 Å². The Morgan fingerprint density at radius 2 is 0.931 bits per heavy atom. The van der Waals surface area contributed by atoms with Crippen molar-refractivity contribution < 1.29 is 70.0 Å². The van der Waals surface area contributed by atoms with Gasteiger partial charge in [-0.25, -0.2) is 4.57 Å². The van der Waals surface area contributed by atoms with Gasteiger partial charge < -0.3 is 39.9 Å². The molecule has 6 N–H and O–H groups in total. The van der Waals surface area contributed by atoms with Crippen LogP contribution in [0.4, 0.5) is 0 Å². The van der Waals surface area contributed by atoms with Crippen LogP contribution in [0.5, 0.6) is 0 Å². The van der Waals surface area contributed by atoms with Crippen molar-refractivity contribution in [3.05, 3.63) is 12.2 Å². The van der Waals surface area contributed by atoms with E-state index >= 15 is 0 Å². The molecule has 0 radical (unpaired) electrons. The summed E-state index contributed by atoms with van der Waals surface area (Å²) in [6, 6.07) is 0. The number of phosphoric acid groups is 1. The number of esters is 2. The summed E-state index contributed by atoms with van der Waals surface area (Å²) < 4.78 is 74.9. The van der Waals surface area contributed by atoms with E-state index in [2.05, 4.69) is 35.0 Å². The minimum Gasteiger partial charge on any atom is -0.462 e. The second kappa shape index (κ2) is 35.2. The summed E-state index contributed by atoms with van der Waals surface area (Å²) in [4.78, 5) is 36.5. The molecule has 0 amide bonds. The van der Waals surface area contributed by atoms with Crippen LogP contribution < -0.4 is 0 Å². The predicted octanol–water partition coefficient (Wildman–Crippen LogP) is 8.67. The van der Waals surface area contributed by atoms with Crippen molar-refractivity contribution in [2.75, 3.05) is 13.1 Å². The zero-order valence-electron chi connectivity index (χ0n) is 40.6. The molecule has 0 bridgehead atoms. The van der Waals surface area contributed by atoms with Gasteiger partial charge >= 0.3 is 19.8 Å². The standard InChI is InChI=1S/C44H83O13P/c1-3-5-7-9-11-13-15-17-19-21-23-25-27-29-31-33-38(46)56-36(35-55-58(52,53)57-44-42(50)40(48)39(47)41(49)43(44)51)34-54-37(45)32-30-28-26-24-22-20-18-16-14-12-10-8-6-4-2/h17,19,36,39-44,47-51H,3-16,18,20-35H2,1-2H3,(H,52,53)/b19-17-/t36-,39?,40-,41?,42?,43?,44?/m1/s1/i34D2,35D2,36D. The van der Waals surface area contributed by atoms with Crippen molar-refractivity contribution in [3.63, 3.8) is 0 Å². The van der Waals surface area contributed by atoms with Crippen molar-refractivity contribution in [1.29, 1.82) is 0 Å². The maximum absolute atomic E-state index is 13.1. The molecule has 1 aliphatic carbocycles. The van der Waals surface area contributed by atoms with Crippen LogP contribution in [-0.4, -0.2) is 98.2 Å². The fourth-order valence-corrected chi connectivity index (χ4v) is 7.58. The van der Waals surface area contributed by atoms with E-state index in [1.807, 2.05) is 0 Å². The minimum atomic E-state index is -5.99. The highest BCUT2D eigenvalue weighted by atomic mass is 31.2. The van der Waals surface area contributed by atoms with Crippen molar-refractivity contribution in [2.24, 2.45) is 0 Å². The van der Waals surface area contributed by atoms with Gasteiger partial charge in [-0.1, -0.05) is 161 Å². The molecular formula is C44H83O13P. The number of carbonyl (C=O) groups is 2. The molecule has 8 atom stereocenters. The summed E-state index contributed by atoms with van der Waals surface area (Å²) >= 11 is 0. The van der Waals surface area contributed by atoms with E-state index in [4.69, 9.17) is 16.3 Å². The van der Waals surface area contributed by atoms with Crippen LogP contribution in [0, 0.1) is 0 Å². The average Bonchev–Trinajstić information content (AvgIpc) is 3.21. The lowest BCUT2D eigenvalue weighted by Gasteiger charge is -2.41. The molecule has 0 saturated heterocycles. The molecule has 1 aliphatic rings. The van der Waals surface area contributed by atoms with E-state index in [-0.39, 0.29) is 19.3 Å². The Morgan fingerprint density at radius 3 is 1.36 bits per heavy atom. The van der Waals surface area contributed by atoms with Crippen molar-refractivity contribution >= 4 is 19.8 Å². The van der Waals surface area contributed by atoms with E-state index < -0.39 is 82.0 Å². The number of ether oxygens (including phenoxy) is 2. The number of aliphatic hydroxyl groups is 5. The van der Waals surface area contributed by atoms with E-state index in [1.54, 1.807) is 0 Å². The molecule has 1 fully saturated rings. The molecule has 1 rings (SSSR count). The van der Waals surface area contributed by atoms with Crippen LogP contribution in [0.15, 0.2) is 12.2 Å². The smallest absolute Gasteiger partial charge is 0.462 e. The molecule has 58 heavy (non-hydrogen) atoms. The quantitative estimate of drug-likeness (QED) is 0.0149. The van der Waals surface area contributed by atoms with Crippen molar-refractivity contribution in [1.82, 2.24) is 0 Å². The van der Waals surface area contributed by atoms with Crippen molar-refractivity contribution in [2.45, 2.75) is 243 Å². The molecule has 0 heterocycles. The molecule has 0 spiro atoms. The number of unbranched alkanes of at least 4 members (excludes halogenated alkanes) is 24. The summed E-state index contributed by atoms with van der Waals surface area (Å²) in [5.74, 6) is -2.49. The Hall–Kier alpha value is -1.41. The number of carbonyl (C=O) groups excluding carboxylic acids is 2. The maximum Gasteiger partial charge on any atom is 0.472 e. The third-order valence-electron chi connectivity index (χ3n) is 10.4. The lowest BCUT2D eigenvalue weighted by atomic mass is 9.85. The third kappa shape index (κ3) is 27.4. The Balaban J connectivity index is 2.84. The molecule has 1 saturated carbocycles. The van der Waals surface area contributed by atoms with Gasteiger partial charge in [-0.2, -0.15) is 0 Å². The summed E-state index contributed by atoms with van der Waals surface area (Å²) in [6.07, 6.45) is 13.7. The van der Waals surface area contributed by atoms with Crippen LogP contribution in [0.3, 0.4) is 0 Å². The first-order valence-corrected chi connectivity index (χ1v) is 24.0. The lowest BCUT2D eigenvalue weighted by molar-refractivity contribution is -0.220. The molecule has 342 valence electrons. The number of phosphoric ester groups is 1. The summed E-state index contributed by atoms with van der Waals surface area (Å²) in [5, 5.41) is 50.4. The Bertz CT molecular complexity index is 1300. The largest absolute Gasteiger partial charge is 0.472 e. The van der Waals surface area contributed by atoms with E-state index in [9.17, 15) is 44.6 Å². The first kappa shape index (κ1) is 46.1. The topological polar surface area (TPSA) is 210 Å². The van der Waals surface area contributed by atoms with Gasteiger partial charge in [0.15, 0.2) is 6.08 Å². The van der Waals surface area contributed by atoms with Gasteiger partial charge in [0, 0.05) is 12.8 Å². The van der Waals surface area contributed by atoms with Crippen molar-refractivity contribution in [3.8, 4) is 0 Å². The minimum absolute atomic E-state index is 0.212. The molecule has 14 heteroatoms. The second-order valence-electron chi connectivity index (χ2n) is 15.7. The Kier molecular flexibility index (Phi) is 28.0. The highest BCUT2D eigenvalue weighted by Gasteiger charge is 2.51. The number of rotatable bonds is 38. The van der Waals surface area contributed by atoms with Crippen LogP contribution in [0.25, 0.3) is 0 Å². The van der Waals surface area contributed by atoms with E-state index in [0.29, 0.717) is 12.8 Å². The van der Waals surface area contributed by atoms with Crippen LogP contribution >= 0.6 is 7.82 Å². The monoisotopic (exact) mass is 856 g/mol. The van der Waals surface area contributed by atoms with Gasteiger partial charge in [-0.05, 0) is 38.5 Å². The van der Waals surface area contributed by atoms with Gasteiger partial charge in [0.2, 0.25) is 0 Å². The molecule has 0 aromatic heterocycles. The van der Waals surface area contributed by atoms with Crippen LogP contribution in [0.2, 0.25) is 0 Å². The molecule has 0 aliphatic heterocycles. The predicted molar refractivity (Wildman–Crippen MR) is 226 cm³/mol.